The molecule has 1 amide bonds. The number of nitrogens with one attached hydrogen (secondary N) is 2. The van der Waals surface area contributed by atoms with Crippen molar-refractivity contribution in [2.75, 3.05) is 7.11 Å². The van der Waals surface area contributed by atoms with E-state index in [-0.39, 0.29) is 11.6 Å². The van der Waals surface area contributed by atoms with Gasteiger partial charge in [-0.15, -0.1) is 10.2 Å². The average molecular weight is 334 g/mol. The first-order valence-electron chi connectivity index (χ1n) is 7.58. The van der Waals surface area contributed by atoms with Crippen molar-refractivity contribution in [2.45, 2.75) is 0 Å². The third-order valence-electron chi connectivity index (χ3n) is 3.96. The summed E-state index contributed by atoms with van der Waals surface area (Å²) < 4.78 is 5.17. The molecule has 124 valence electrons. The second kappa shape index (κ2) is 5.79. The number of aromatic hydroxyl groups is 1. The molecule has 4 aromatic rings. The fourth-order valence-corrected chi connectivity index (χ4v) is 2.72. The van der Waals surface area contributed by atoms with E-state index in [4.69, 9.17) is 4.74 Å². The molecule has 0 atom stereocenters. The number of amides is 1. The van der Waals surface area contributed by atoms with Gasteiger partial charge in [0.1, 0.15) is 11.4 Å². The molecule has 0 fully saturated rings. The number of fused-ring (bicyclic) bond motifs is 2. The Bertz CT molecular complexity index is 1120. The molecule has 2 aromatic carbocycles. The number of hydrogen-bond acceptors (Lipinski definition) is 4. The molecule has 0 aliphatic carbocycles. The standard InChI is InChI=1S/C18H14N4O3/c1-25-11-6-7-13-10(8-11)9-15(19-13)17(23)22-21-16-12-4-2-3-5-14(12)20-18(16)24/h2-9,19-20,24H,1H3. The highest BCUT2D eigenvalue weighted by molar-refractivity contribution is 5.99. The van der Waals surface area contributed by atoms with Crippen LogP contribution in [-0.2, 0) is 0 Å². The van der Waals surface area contributed by atoms with Crippen LogP contribution >= 0.6 is 0 Å². The van der Waals surface area contributed by atoms with E-state index in [1.807, 2.05) is 24.3 Å². The van der Waals surface area contributed by atoms with E-state index in [1.54, 1.807) is 31.4 Å². The minimum Gasteiger partial charge on any atom is -0.497 e. The van der Waals surface area contributed by atoms with Gasteiger partial charge >= 0.3 is 5.91 Å². The van der Waals surface area contributed by atoms with Crippen molar-refractivity contribution in [2.24, 2.45) is 10.2 Å². The van der Waals surface area contributed by atoms with Crippen molar-refractivity contribution in [3.05, 3.63) is 54.2 Å². The van der Waals surface area contributed by atoms with Crippen molar-refractivity contribution in [3.63, 3.8) is 0 Å². The van der Waals surface area contributed by atoms with Gasteiger partial charge in [-0.3, -0.25) is 4.79 Å². The first-order valence-corrected chi connectivity index (χ1v) is 7.58. The summed E-state index contributed by atoms with van der Waals surface area (Å²) in [5, 5.41) is 19.1. The lowest BCUT2D eigenvalue weighted by molar-refractivity contribution is 0.0991. The van der Waals surface area contributed by atoms with Crippen molar-refractivity contribution in [1.82, 2.24) is 9.97 Å². The van der Waals surface area contributed by atoms with Gasteiger partial charge in [0.2, 0.25) is 5.88 Å². The van der Waals surface area contributed by atoms with E-state index in [2.05, 4.69) is 20.2 Å². The number of H-pyrrole nitrogens is 2. The summed E-state index contributed by atoms with van der Waals surface area (Å²) in [6.45, 7) is 0. The molecule has 2 aromatic heterocycles. The summed E-state index contributed by atoms with van der Waals surface area (Å²) in [6.07, 6.45) is 0. The van der Waals surface area contributed by atoms with Crippen LogP contribution in [0.4, 0.5) is 5.69 Å². The predicted octanol–water partition coefficient (Wildman–Crippen LogP) is 4.29. The number of azo groups is 1. The van der Waals surface area contributed by atoms with Gasteiger partial charge in [0, 0.05) is 16.3 Å². The SMILES string of the molecule is COc1ccc2[nH]c(C(=O)N=Nc3c(O)[nH]c4ccccc34)cc2c1. The Hall–Kier alpha value is -3.61. The maximum Gasteiger partial charge on any atom is 0.311 e. The Kier molecular flexibility index (Phi) is 3.46. The van der Waals surface area contributed by atoms with E-state index in [0.717, 1.165) is 16.4 Å². The molecule has 0 aliphatic heterocycles. The number of carbonyl (C=O) groups is 1. The summed E-state index contributed by atoms with van der Waals surface area (Å²) in [6, 6.07) is 14.4. The second-order valence-corrected chi connectivity index (χ2v) is 5.51. The molecule has 0 radical (unpaired) electrons. The fourth-order valence-electron chi connectivity index (χ4n) is 2.72. The molecule has 7 nitrogen and oxygen atoms in total. The first-order chi connectivity index (χ1) is 12.2. The van der Waals surface area contributed by atoms with E-state index < -0.39 is 5.91 Å². The molecule has 4 rings (SSSR count). The number of methoxy groups -OCH3 is 1. The Labute approximate surface area is 142 Å². The smallest absolute Gasteiger partial charge is 0.311 e. The Morgan fingerprint density at radius 1 is 1.08 bits per heavy atom. The largest absolute Gasteiger partial charge is 0.497 e. The minimum atomic E-state index is -0.528. The molecule has 25 heavy (non-hydrogen) atoms. The van der Waals surface area contributed by atoms with E-state index in [1.165, 1.54) is 0 Å². The molecule has 0 spiro atoms. The molecule has 0 bridgehead atoms. The molecule has 7 heteroatoms. The fraction of sp³-hybridized carbons (Fsp3) is 0.0556. The number of aromatic nitrogens is 2. The van der Waals surface area contributed by atoms with Gasteiger partial charge in [0.25, 0.3) is 0 Å². The van der Waals surface area contributed by atoms with Crippen LogP contribution in [0.3, 0.4) is 0 Å². The zero-order chi connectivity index (χ0) is 17.4. The number of nitrogens with zero attached hydrogens (tertiary/aromatic N) is 2. The summed E-state index contributed by atoms with van der Waals surface area (Å²) in [4.78, 5) is 18.1. The van der Waals surface area contributed by atoms with Crippen LogP contribution in [0.5, 0.6) is 11.6 Å². The van der Waals surface area contributed by atoms with Gasteiger partial charge in [-0.25, -0.2) is 0 Å². The van der Waals surface area contributed by atoms with Crippen LogP contribution in [0, 0.1) is 0 Å². The predicted molar refractivity (Wildman–Crippen MR) is 93.7 cm³/mol. The van der Waals surface area contributed by atoms with Gasteiger partial charge in [0.15, 0.2) is 5.69 Å². The van der Waals surface area contributed by atoms with Gasteiger partial charge in [-0.2, -0.15) is 0 Å². The maximum atomic E-state index is 12.3. The molecule has 0 saturated carbocycles. The van der Waals surface area contributed by atoms with Crippen molar-refractivity contribution in [3.8, 4) is 11.6 Å². The summed E-state index contributed by atoms with van der Waals surface area (Å²) in [7, 11) is 1.59. The van der Waals surface area contributed by atoms with Crippen LogP contribution < -0.4 is 4.74 Å². The van der Waals surface area contributed by atoms with Crippen molar-refractivity contribution >= 4 is 33.4 Å². The topological polar surface area (TPSA) is 103 Å². The zero-order valence-corrected chi connectivity index (χ0v) is 13.3. The van der Waals surface area contributed by atoms with Crippen LogP contribution in [0.15, 0.2) is 58.8 Å². The van der Waals surface area contributed by atoms with E-state index >= 15 is 0 Å². The number of benzene rings is 2. The monoisotopic (exact) mass is 334 g/mol. The van der Waals surface area contributed by atoms with Gasteiger partial charge in [0.05, 0.1) is 12.6 Å². The number of hydrogen-bond donors (Lipinski definition) is 3. The van der Waals surface area contributed by atoms with E-state index in [0.29, 0.717) is 16.8 Å². The molecule has 0 aliphatic rings. The number of carbonyl (C=O) groups excluding carboxylic acids is 1. The highest BCUT2D eigenvalue weighted by atomic mass is 16.5. The zero-order valence-electron chi connectivity index (χ0n) is 13.3. The number of aromatic amines is 2. The van der Waals surface area contributed by atoms with Crippen LogP contribution in [0.25, 0.3) is 21.8 Å². The molecule has 2 heterocycles. The maximum absolute atomic E-state index is 12.3. The summed E-state index contributed by atoms with van der Waals surface area (Å²) >= 11 is 0. The lowest BCUT2D eigenvalue weighted by Crippen LogP contribution is -1.92. The number of ether oxygens (including phenoxy) is 1. The summed E-state index contributed by atoms with van der Waals surface area (Å²) in [5.41, 5.74) is 2.07. The highest BCUT2D eigenvalue weighted by Gasteiger charge is 2.12. The molecule has 0 saturated heterocycles. The molecular weight excluding hydrogens is 320 g/mol. The Morgan fingerprint density at radius 3 is 2.76 bits per heavy atom. The van der Waals surface area contributed by atoms with Gasteiger partial charge in [-0.05, 0) is 30.3 Å². The minimum absolute atomic E-state index is 0.126. The Balaban J connectivity index is 1.67. The third kappa shape index (κ3) is 2.61. The molecule has 0 unspecified atom stereocenters. The number of para-hydroxylation sites is 1. The quantitative estimate of drug-likeness (QED) is 0.487. The van der Waals surface area contributed by atoms with Crippen molar-refractivity contribution < 1.29 is 14.6 Å². The average Bonchev–Trinajstić information content (AvgIpc) is 3.19. The molecular formula is C18H14N4O3. The normalized spacial score (nSPS) is 11.6. The third-order valence-corrected chi connectivity index (χ3v) is 3.96. The summed E-state index contributed by atoms with van der Waals surface area (Å²) in [5.74, 6) is 0.0508. The molecule has 3 N–H and O–H groups in total. The first kappa shape index (κ1) is 14.9. The van der Waals surface area contributed by atoms with Crippen LogP contribution in [0.1, 0.15) is 10.5 Å². The Morgan fingerprint density at radius 2 is 1.92 bits per heavy atom. The lowest BCUT2D eigenvalue weighted by Gasteiger charge is -1.97. The van der Waals surface area contributed by atoms with Crippen molar-refractivity contribution in [1.29, 1.82) is 0 Å². The van der Waals surface area contributed by atoms with Gasteiger partial charge < -0.3 is 19.8 Å². The second-order valence-electron chi connectivity index (χ2n) is 5.51. The van der Waals surface area contributed by atoms with Gasteiger partial charge in [-0.1, -0.05) is 18.2 Å². The van der Waals surface area contributed by atoms with E-state index in [9.17, 15) is 9.90 Å². The highest BCUT2D eigenvalue weighted by Crippen LogP contribution is 2.35. The lowest BCUT2D eigenvalue weighted by atomic mass is 10.2. The number of rotatable bonds is 3. The van der Waals surface area contributed by atoms with Crippen LogP contribution in [-0.4, -0.2) is 28.1 Å². The van der Waals surface area contributed by atoms with Crippen LogP contribution in [0.2, 0.25) is 0 Å².